The van der Waals surface area contributed by atoms with Gasteiger partial charge in [0.1, 0.15) is 34.4 Å². The number of benzene rings is 1. The third-order valence-corrected chi connectivity index (χ3v) is 13.3. The second kappa shape index (κ2) is 28.7. The average molecular weight is 1090 g/mol. The molecule has 1 saturated heterocycles. The van der Waals surface area contributed by atoms with Gasteiger partial charge >= 0.3 is 0 Å². The lowest BCUT2D eigenvalue weighted by atomic mass is 9.85. The van der Waals surface area contributed by atoms with E-state index in [0.29, 0.717) is 100 Å². The van der Waals surface area contributed by atoms with Gasteiger partial charge < -0.3 is 65.6 Å². The molecule has 1 aromatic carbocycles. The Kier molecular flexibility index (Phi) is 22.2. The number of likely N-dealkylation sites (tertiary alicyclic amines) is 1. The second-order valence-corrected chi connectivity index (χ2v) is 20.9. The van der Waals surface area contributed by atoms with Crippen LogP contribution in [0.15, 0.2) is 40.6 Å². The smallest absolute Gasteiger partial charge is 0.246 e. The van der Waals surface area contributed by atoms with Crippen LogP contribution in [0.5, 0.6) is 5.75 Å². The molecule has 1 unspecified atom stereocenters. The number of hydrogen-bond donors (Lipinski definition) is 7. The summed E-state index contributed by atoms with van der Waals surface area (Å²) in [7, 11) is 0. The van der Waals surface area contributed by atoms with Gasteiger partial charge in [-0.1, -0.05) is 51.0 Å². The molecule has 0 bridgehead atoms. The monoisotopic (exact) mass is 1090 g/mol. The van der Waals surface area contributed by atoms with Crippen LogP contribution in [0.2, 0.25) is 0 Å². The fraction of sp³-hybridized carbons (Fsp3) is 0.566. The van der Waals surface area contributed by atoms with Crippen molar-refractivity contribution in [1.82, 2.24) is 56.0 Å². The van der Waals surface area contributed by atoms with Crippen molar-refractivity contribution in [3.8, 4) is 39.5 Å². The number of amides is 4. The van der Waals surface area contributed by atoms with Crippen molar-refractivity contribution in [3.63, 3.8) is 0 Å². The zero-order chi connectivity index (χ0) is 55.5. The quantitative estimate of drug-likeness (QED) is 0.0267. The van der Waals surface area contributed by atoms with Crippen LogP contribution in [0.25, 0.3) is 33.0 Å². The molecule has 418 valence electrons. The number of carbonyl (C=O) groups excluding carboxylic acids is 4. The summed E-state index contributed by atoms with van der Waals surface area (Å²) < 4.78 is 29.6. The molecule has 77 heavy (non-hydrogen) atoms. The van der Waals surface area contributed by atoms with Gasteiger partial charge in [0.25, 0.3) is 0 Å². The molecular weight excluding hydrogens is 1010 g/mol. The van der Waals surface area contributed by atoms with Crippen LogP contribution in [0.1, 0.15) is 90.6 Å². The Morgan fingerprint density at radius 1 is 0.909 bits per heavy atom. The minimum absolute atomic E-state index is 0.00794. The van der Waals surface area contributed by atoms with Crippen molar-refractivity contribution in [3.05, 3.63) is 52.9 Å². The molecule has 23 nitrogen and oxygen atoms in total. The molecule has 4 aromatic heterocycles. The van der Waals surface area contributed by atoms with Crippen molar-refractivity contribution in [2.75, 3.05) is 78.2 Å². The topological polar surface area (TPSA) is 306 Å². The van der Waals surface area contributed by atoms with Crippen molar-refractivity contribution >= 4 is 51.8 Å². The minimum atomic E-state index is -1.23. The first-order chi connectivity index (χ1) is 36.8. The highest BCUT2D eigenvalue weighted by Gasteiger charge is 2.44. The number of ether oxygens (including phenoxy) is 4. The summed E-state index contributed by atoms with van der Waals surface area (Å²) in [5, 5.41) is 40.3. The number of aryl methyl sites for hydroxylation is 2. The van der Waals surface area contributed by atoms with Crippen LogP contribution in [-0.4, -0.2) is 165 Å². The number of nitrogens with one attached hydrogen (secondary N) is 4. The van der Waals surface area contributed by atoms with Gasteiger partial charge in [0.15, 0.2) is 23.1 Å². The number of rotatable bonds is 29. The van der Waals surface area contributed by atoms with E-state index >= 15 is 0 Å². The molecule has 4 amide bonds. The maximum absolute atomic E-state index is 14.0. The van der Waals surface area contributed by atoms with Crippen molar-refractivity contribution in [2.45, 2.75) is 117 Å². The number of pyridine rings is 1. The fourth-order valence-corrected chi connectivity index (χ4v) is 9.12. The fourth-order valence-electron chi connectivity index (χ4n) is 8.31. The first-order valence-corrected chi connectivity index (χ1v) is 26.8. The first-order valence-electron chi connectivity index (χ1n) is 26.0. The number of imidazole rings is 1. The highest BCUT2D eigenvalue weighted by molar-refractivity contribution is 7.13. The molecule has 24 heteroatoms. The minimum Gasteiger partial charge on any atom is -0.490 e. The Bertz CT molecular complexity index is 2790. The SMILES string of the molecule is CCn1c(-c2nonc2N)nc2c(C#CC(C)(C)O)ncc(OCCCNCCCC(=O)NCCOCCOCCOCCC(=O)NC(C(=O)N3C[C@H](O)C[C@H]3C(=O)NCc3ccc(-c4scnc4C)cc3)C(C)(C)C)c21. The molecule has 0 spiro atoms. The summed E-state index contributed by atoms with van der Waals surface area (Å²) in [6.07, 6.45) is 2.52. The lowest BCUT2D eigenvalue weighted by Gasteiger charge is -2.35. The van der Waals surface area contributed by atoms with Crippen molar-refractivity contribution in [1.29, 1.82) is 0 Å². The molecule has 3 atom stereocenters. The van der Waals surface area contributed by atoms with E-state index in [9.17, 15) is 29.4 Å². The Morgan fingerprint density at radius 2 is 1.62 bits per heavy atom. The summed E-state index contributed by atoms with van der Waals surface area (Å²) in [5.74, 6) is 5.48. The van der Waals surface area contributed by atoms with E-state index in [2.05, 4.69) is 53.4 Å². The Morgan fingerprint density at radius 3 is 2.29 bits per heavy atom. The van der Waals surface area contributed by atoms with E-state index in [1.807, 2.05) is 69.0 Å². The molecule has 5 heterocycles. The molecular formula is C53H74N12O11S. The molecule has 8 N–H and O–H groups in total. The second-order valence-electron chi connectivity index (χ2n) is 20.1. The molecule has 1 aliphatic rings. The lowest BCUT2D eigenvalue weighted by Crippen LogP contribution is -2.57. The number of β-amino-alcohol motifs (C(OH)–C–C–N with tert-alkyl or cyclic N) is 1. The number of thiazole rings is 1. The predicted molar refractivity (Wildman–Crippen MR) is 288 cm³/mol. The number of hydrogen-bond acceptors (Lipinski definition) is 19. The van der Waals surface area contributed by atoms with Gasteiger partial charge in [-0.2, -0.15) is 0 Å². The van der Waals surface area contributed by atoms with Gasteiger partial charge in [0.2, 0.25) is 23.6 Å². The number of aliphatic hydroxyl groups excluding tert-OH is 1. The van der Waals surface area contributed by atoms with E-state index in [1.165, 1.54) is 4.90 Å². The van der Waals surface area contributed by atoms with E-state index in [1.54, 1.807) is 31.4 Å². The van der Waals surface area contributed by atoms with Gasteiger partial charge in [-0.05, 0) is 86.4 Å². The first kappa shape index (κ1) is 59.7. The normalized spacial score (nSPS) is 15.1. The maximum atomic E-state index is 14.0. The van der Waals surface area contributed by atoms with Crippen LogP contribution in [0.4, 0.5) is 5.82 Å². The zero-order valence-electron chi connectivity index (χ0n) is 45.1. The number of nitrogen functional groups attached to an aromatic ring is 1. The van der Waals surface area contributed by atoms with E-state index < -0.39 is 35.1 Å². The van der Waals surface area contributed by atoms with Gasteiger partial charge in [-0.25, -0.2) is 19.6 Å². The lowest BCUT2D eigenvalue weighted by molar-refractivity contribution is -0.144. The summed E-state index contributed by atoms with van der Waals surface area (Å²) in [4.78, 5) is 68.8. The standard InChI is InChI=1S/C53H74N12O11S/c1-8-64-45-40(31-57-38(16-18-53(6,7)71)43(45)61-49(64)44-48(54)63-76-62-44)75-22-10-20-55-19-9-11-41(67)56-21-24-73-26-28-74-27-25-72-23-17-42(68)60-47(52(3,4)5)51(70)65-32-37(66)29-39(65)50(69)58-30-35-12-14-36(15-13-35)46-34(2)59-33-77-46/h12-15,31,33,37,39,47,55,66,71H,8-11,17,19-30,32H2,1-7H3,(H2,54,63)(H,56,67)(H,58,69)(H,60,68)/t37-,39+,47?/m1/s1. The summed E-state index contributed by atoms with van der Waals surface area (Å²) >= 11 is 1.57. The average Bonchev–Trinajstić information content (AvgIpc) is 4.23. The molecule has 5 aromatic rings. The van der Waals surface area contributed by atoms with Crippen LogP contribution in [0.3, 0.4) is 0 Å². The largest absolute Gasteiger partial charge is 0.490 e. The molecule has 0 radical (unpaired) electrons. The molecule has 1 aliphatic heterocycles. The highest BCUT2D eigenvalue weighted by atomic mass is 32.1. The third kappa shape index (κ3) is 17.7. The van der Waals surface area contributed by atoms with Gasteiger partial charge in [0, 0.05) is 45.4 Å². The summed E-state index contributed by atoms with van der Waals surface area (Å²) in [5.41, 5.74) is 10.5. The summed E-state index contributed by atoms with van der Waals surface area (Å²) in [6.45, 7) is 17.0. The van der Waals surface area contributed by atoms with Gasteiger partial charge in [-0.3, -0.25) is 19.2 Å². The number of anilines is 1. The zero-order valence-corrected chi connectivity index (χ0v) is 45.9. The van der Waals surface area contributed by atoms with Crippen LogP contribution < -0.4 is 31.7 Å². The Balaban J connectivity index is 0.779. The molecule has 0 saturated carbocycles. The van der Waals surface area contributed by atoms with Crippen molar-refractivity contribution < 1.29 is 53.0 Å². The number of carbonyl (C=O) groups is 4. The molecule has 0 aliphatic carbocycles. The number of aromatic nitrogens is 6. The maximum Gasteiger partial charge on any atom is 0.246 e. The summed E-state index contributed by atoms with van der Waals surface area (Å²) in [6, 6.07) is 6.02. The van der Waals surface area contributed by atoms with Crippen LogP contribution >= 0.6 is 11.3 Å². The van der Waals surface area contributed by atoms with Gasteiger partial charge in [-0.15, -0.1) is 11.3 Å². The van der Waals surface area contributed by atoms with E-state index in [4.69, 9.17) is 34.3 Å². The van der Waals surface area contributed by atoms with Crippen LogP contribution in [0, 0.1) is 24.2 Å². The number of nitrogens with zero attached hydrogens (tertiary/aromatic N) is 7. The number of nitrogens with two attached hydrogens (primary N) is 1. The van der Waals surface area contributed by atoms with E-state index in [-0.39, 0.29) is 75.0 Å². The third-order valence-electron chi connectivity index (χ3n) is 12.3. The van der Waals surface area contributed by atoms with Gasteiger partial charge in [0.05, 0.1) is 74.6 Å². The highest BCUT2D eigenvalue weighted by Crippen LogP contribution is 2.34. The Labute approximate surface area is 452 Å². The predicted octanol–water partition coefficient (Wildman–Crippen LogP) is 3.14. The molecule has 6 rings (SSSR count). The number of aliphatic hydroxyl groups is 2. The molecule has 1 fully saturated rings. The van der Waals surface area contributed by atoms with Crippen LogP contribution in [-0.2, 0) is 46.5 Å². The van der Waals surface area contributed by atoms with Crippen molar-refractivity contribution in [2.24, 2.45) is 5.41 Å². The number of fused-ring (bicyclic) bond motifs is 1. The Hall–Kier alpha value is -6.59. The van der Waals surface area contributed by atoms with E-state index in [0.717, 1.165) is 21.7 Å².